The maximum absolute atomic E-state index is 12.4. The minimum atomic E-state index is -0.588. The lowest BCUT2D eigenvalue weighted by Gasteiger charge is -2.28. The van der Waals surface area contributed by atoms with Crippen molar-refractivity contribution in [2.45, 2.75) is 33.2 Å². The second kappa shape index (κ2) is 7.68. The fourth-order valence-electron chi connectivity index (χ4n) is 2.25. The maximum Gasteiger partial charge on any atom is 0.240 e. The van der Waals surface area contributed by atoms with Gasteiger partial charge in [-0.15, -0.1) is 0 Å². The summed E-state index contributed by atoms with van der Waals surface area (Å²) < 4.78 is 5.34. The van der Waals surface area contributed by atoms with Gasteiger partial charge in [-0.2, -0.15) is 5.26 Å². The topological polar surface area (TPSA) is 53.3 Å². The van der Waals surface area contributed by atoms with Crippen LogP contribution in [0.4, 0.5) is 0 Å². The van der Waals surface area contributed by atoms with E-state index >= 15 is 0 Å². The summed E-state index contributed by atoms with van der Waals surface area (Å²) in [5.74, 6) is 0.138. The van der Waals surface area contributed by atoms with Gasteiger partial charge >= 0.3 is 0 Å². The standard InChI is InChI=1S/C17H24N2O2/c1-12(2)15(11-18)17(20)19(4)13(3)10-14-8-6-7-9-16(14)21-5/h6-9,12-13,15H,10H2,1-5H3. The molecule has 2 unspecified atom stereocenters. The molecule has 114 valence electrons. The van der Waals surface area contributed by atoms with Gasteiger partial charge in [0.25, 0.3) is 0 Å². The van der Waals surface area contributed by atoms with Crippen LogP contribution in [0.5, 0.6) is 5.75 Å². The molecular formula is C17H24N2O2. The number of hydrogen-bond donors (Lipinski definition) is 0. The number of carbonyl (C=O) groups is 1. The summed E-state index contributed by atoms with van der Waals surface area (Å²) in [5.41, 5.74) is 1.06. The van der Waals surface area contributed by atoms with Gasteiger partial charge < -0.3 is 9.64 Å². The molecule has 0 aliphatic heterocycles. The minimum absolute atomic E-state index is 0.00315. The van der Waals surface area contributed by atoms with Crippen LogP contribution in [0.25, 0.3) is 0 Å². The van der Waals surface area contributed by atoms with Crippen molar-refractivity contribution in [3.8, 4) is 11.8 Å². The molecule has 0 saturated carbocycles. The average Bonchev–Trinajstić information content (AvgIpc) is 2.47. The molecular weight excluding hydrogens is 264 g/mol. The molecule has 1 aromatic rings. The summed E-state index contributed by atoms with van der Waals surface area (Å²) in [6.07, 6.45) is 0.697. The quantitative estimate of drug-likeness (QED) is 0.808. The third-order valence-corrected chi connectivity index (χ3v) is 3.79. The van der Waals surface area contributed by atoms with Crippen LogP contribution in [-0.2, 0) is 11.2 Å². The third-order valence-electron chi connectivity index (χ3n) is 3.79. The largest absolute Gasteiger partial charge is 0.496 e. The number of likely N-dealkylation sites (N-methyl/N-ethyl adjacent to an activating group) is 1. The van der Waals surface area contributed by atoms with Crippen molar-refractivity contribution in [3.05, 3.63) is 29.8 Å². The lowest BCUT2D eigenvalue weighted by atomic mass is 9.95. The molecule has 0 fully saturated rings. The predicted octanol–water partition coefficient (Wildman–Crippen LogP) is 2.88. The maximum atomic E-state index is 12.4. The molecule has 0 aromatic heterocycles. The zero-order chi connectivity index (χ0) is 16.0. The van der Waals surface area contributed by atoms with Gasteiger partial charge in [0.1, 0.15) is 11.7 Å². The molecule has 0 bridgehead atoms. The van der Waals surface area contributed by atoms with Gasteiger partial charge in [-0.05, 0) is 30.9 Å². The Morgan fingerprint density at radius 1 is 1.33 bits per heavy atom. The second-order valence-electron chi connectivity index (χ2n) is 5.66. The summed E-state index contributed by atoms with van der Waals surface area (Å²) in [6.45, 7) is 5.77. The number of nitriles is 1. The molecule has 0 aliphatic carbocycles. The highest BCUT2D eigenvalue weighted by atomic mass is 16.5. The van der Waals surface area contributed by atoms with E-state index in [9.17, 15) is 4.79 Å². The lowest BCUT2D eigenvalue weighted by molar-refractivity contribution is -0.135. The van der Waals surface area contributed by atoms with Crippen LogP contribution in [0.15, 0.2) is 24.3 Å². The van der Waals surface area contributed by atoms with Crippen molar-refractivity contribution in [1.82, 2.24) is 4.90 Å². The number of nitrogens with zero attached hydrogens (tertiary/aromatic N) is 2. The summed E-state index contributed by atoms with van der Waals surface area (Å²) in [5, 5.41) is 9.15. The van der Waals surface area contributed by atoms with Crippen LogP contribution >= 0.6 is 0 Å². The zero-order valence-corrected chi connectivity index (χ0v) is 13.5. The first-order chi connectivity index (χ1) is 9.92. The fourth-order valence-corrected chi connectivity index (χ4v) is 2.25. The molecule has 0 radical (unpaired) electrons. The van der Waals surface area contributed by atoms with E-state index in [-0.39, 0.29) is 17.9 Å². The van der Waals surface area contributed by atoms with Crippen LogP contribution in [0.2, 0.25) is 0 Å². The lowest BCUT2D eigenvalue weighted by Crippen LogP contribution is -2.41. The Hall–Kier alpha value is -2.02. The Morgan fingerprint density at radius 3 is 2.48 bits per heavy atom. The van der Waals surface area contributed by atoms with E-state index < -0.39 is 5.92 Å². The van der Waals surface area contributed by atoms with Crippen molar-refractivity contribution in [2.24, 2.45) is 11.8 Å². The van der Waals surface area contributed by atoms with Gasteiger partial charge in [0.15, 0.2) is 0 Å². The summed E-state index contributed by atoms with van der Waals surface area (Å²) in [4.78, 5) is 14.0. The third kappa shape index (κ3) is 4.22. The zero-order valence-electron chi connectivity index (χ0n) is 13.5. The van der Waals surface area contributed by atoms with E-state index in [1.54, 1.807) is 19.1 Å². The summed E-state index contributed by atoms with van der Waals surface area (Å²) >= 11 is 0. The van der Waals surface area contributed by atoms with Gasteiger partial charge in [-0.1, -0.05) is 32.0 Å². The smallest absolute Gasteiger partial charge is 0.240 e. The highest BCUT2D eigenvalue weighted by Gasteiger charge is 2.27. The van der Waals surface area contributed by atoms with Gasteiger partial charge in [-0.25, -0.2) is 0 Å². The van der Waals surface area contributed by atoms with Crippen LogP contribution in [0, 0.1) is 23.2 Å². The SMILES string of the molecule is COc1ccccc1CC(C)N(C)C(=O)C(C#N)C(C)C. The molecule has 0 heterocycles. The predicted molar refractivity (Wildman–Crippen MR) is 82.9 cm³/mol. The van der Waals surface area contributed by atoms with Crippen LogP contribution < -0.4 is 4.74 Å². The number of rotatable bonds is 6. The number of ether oxygens (including phenoxy) is 1. The summed E-state index contributed by atoms with van der Waals surface area (Å²) in [6, 6.07) is 9.90. The number of hydrogen-bond acceptors (Lipinski definition) is 3. The highest BCUT2D eigenvalue weighted by molar-refractivity contribution is 5.81. The first-order valence-electron chi connectivity index (χ1n) is 7.20. The van der Waals surface area contributed by atoms with Gasteiger partial charge in [0.05, 0.1) is 13.2 Å². The molecule has 0 aliphatic rings. The van der Waals surface area contributed by atoms with E-state index in [0.29, 0.717) is 6.42 Å². The van der Waals surface area contributed by atoms with Crippen LogP contribution in [0.3, 0.4) is 0 Å². The number of para-hydroxylation sites is 1. The molecule has 0 saturated heterocycles. The van der Waals surface area contributed by atoms with Crippen molar-refractivity contribution < 1.29 is 9.53 Å². The van der Waals surface area contributed by atoms with E-state index in [1.807, 2.05) is 45.0 Å². The molecule has 2 atom stereocenters. The number of methoxy groups -OCH3 is 1. The Bertz CT molecular complexity index is 520. The molecule has 1 aromatic carbocycles. The van der Waals surface area contributed by atoms with Crippen LogP contribution in [0.1, 0.15) is 26.3 Å². The van der Waals surface area contributed by atoms with Crippen LogP contribution in [-0.4, -0.2) is 31.0 Å². The highest BCUT2D eigenvalue weighted by Crippen LogP contribution is 2.21. The number of benzene rings is 1. The Kier molecular flexibility index (Phi) is 6.23. The molecule has 4 heteroatoms. The van der Waals surface area contributed by atoms with E-state index in [0.717, 1.165) is 11.3 Å². The van der Waals surface area contributed by atoms with Gasteiger partial charge in [0, 0.05) is 13.1 Å². The Morgan fingerprint density at radius 2 is 1.95 bits per heavy atom. The first kappa shape index (κ1) is 17.0. The van der Waals surface area contributed by atoms with Gasteiger partial charge in [0.2, 0.25) is 5.91 Å². The molecule has 1 amide bonds. The number of carbonyl (C=O) groups excluding carboxylic acids is 1. The normalized spacial score (nSPS) is 13.4. The fraction of sp³-hybridized carbons (Fsp3) is 0.529. The number of amides is 1. The van der Waals surface area contributed by atoms with Gasteiger partial charge in [-0.3, -0.25) is 4.79 Å². The molecule has 0 spiro atoms. The van der Waals surface area contributed by atoms with E-state index in [2.05, 4.69) is 6.07 Å². The monoisotopic (exact) mass is 288 g/mol. The summed E-state index contributed by atoms with van der Waals surface area (Å²) in [7, 11) is 3.40. The van der Waals surface area contributed by atoms with Crippen molar-refractivity contribution in [1.29, 1.82) is 5.26 Å². The van der Waals surface area contributed by atoms with Crippen molar-refractivity contribution in [2.75, 3.05) is 14.2 Å². The first-order valence-corrected chi connectivity index (χ1v) is 7.20. The molecule has 21 heavy (non-hydrogen) atoms. The van der Waals surface area contributed by atoms with E-state index in [4.69, 9.17) is 10.00 Å². The second-order valence-corrected chi connectivity index (χ2v) is 5.66. The minimum Gasteiger partial charge on any atom is -0.496 e. The average molecular weight is 288 g/mol. The molecule has 4 nitrogen and oxygen atoms in total. The molecule has 0 N–H and O–H groups in total. The van der Waals surface area contributed by atoms with Crippen molar-refractivity contribution in [3.63, 3.8) is 0 Å². The Balaban J connectivity index is 2.81. The van der Waals surface area contributed by atoms with E-state index in [1.165, 1.54) is 0 Å². The molecule has 1 rings (SSSR count). The Labute approximate surface area is 127 Å². The van der Waals surface area contributed by atoms with Crippen molar-refractivity contribution >= 4 is 5.91 Å².